The molecule has 23 heavy (non-hydrogen) atoms. The first-order chi connectivity index (χ1) is 10.9. The van der Waals surface area contributed by atoms with Crippen LogP contribution in [0.4, 0.5) is 11.4 Å². The zero-order chi connectivity index (χ0) is 17.0. The monoisotopic (exact) mass is 320 g/mol. The number of esters is 1. The average molecular weight is 320 g/mol. The van der Waals surface area contributed by atoms with Gasteiger partial charge in [0, 0.05) is 12.1 Å². The van der Waals surface area contributed by atoms with Crippen LogP contribution >= 0.6 is 0 Å². The van der Waals surface area contributed by atoms with Gasteiger partial charge in [0.25, 0.3) is 11.4 Å². The van der Waals surface area contributed by atoms with Crippen LogP contribution in [0, 0.1) is 20.2 Å². The van der Waals surface area contributed by atoms with E-state index in [2.05, 4.69) is 6.58 Å². The molecule has 1 aliphatic rings. The highest BCUT2D eigenvalue weighted by molar-refractivity contribution is 5.91. The molecular weight excluding hydrogens is 304 g/mol. The minimum atomic E-state index is -0.821. The topological polar surface area (TPSA) is 113 Å². The van der Waals surface area contributed by atoms with Gasteiger partial charge < -0.3 is 4.74 Å². The van der Waals surface area contributed by atoms with E-state index in [4.69, 9.17) is 4.74 Å². The lowest BCUT2D eigenvalue weighted by atomic mass is 9.84. The minimum Gasteiger partial charge on any atom is -0.451 e. The van der Waals surface area contributed by atoms with E-state index in [0.717, 1.165) is 37.5 Å². The quantitative estimate of drug-likeness (QED) is 0.355. The summed E-state index contributed by atoms with van der Waals surface area (Å²) in [5.74, 6) is -0.821. The number of hydrogen-bond donors (Lipinski definition) is 0. The van der Waals surface area contributed by atoms with E-state index < -0.39 is 32.8 Å². The number of carbonyl (C=O) groups is 1. The molecule has 1 fully saturated rings. The molecule has 0 bridgehead atoms. The van der Waals surface area contributed by atoms with E-state index in [9.17, 15) is 25.0 Å². The van der Waals surface area contributed by atoms with Crippen molar-refractivity contribution in [3.63, 3.8) is 0 Å². The maximum absolute atomic E-state index is 12.3. The van der Waals surface area contributed by atoms with Crippen LogP contribution in [-0.4, -0.2) is 21.4 Å². The van der Waals surface area contributed by atoms with Crippen molar-refractivity contribution in [1.82, 2.24) is 0 Å². The molecule has 0 unspecified atom stereocenters. The van der Waals surface area contributed by atoms with Gasteiger partial charge >= 0.3 is 5.97 Å². The summed E-state index contributed by atoms with van der Waals surface area (Å²) in [5.41, 5.74) is -2.07. The first-order valence-corrected chi connectivity index (χ1v) is 7.18. The molecule has 0 aliphatic heterocycles. The first-order valence-electron chi connectivity index (χ1n) is 7.18. The number of hydrogen-bond acceptors (Lipinski definition) is 6. The molecule has 1 aliphatic carbocycles. The van der Waals surface area contributed by atoms with Gasteiger partial charge in [-0.3, -0.25) is 20.2 Å². The maximum atomic E-state index is 12.3. The Morgan fingerprint density at radius 1 is 1.09 bits per heavy atom. The molecule has 0 radical (unpaired) electrons. The molecule has 8 heteroatoms. The minimum absolute atomic E-state index is 0.210. The lowest BCUT2D eigenvalue weighted by Gasteiger charge is -2.33. The summed E-state index contributed by atoms with van der Waals surface area (Å²) in [6, 6.07) is 2.77. The fourth-order valence-electron chi connectivity index (χ4n) is 2.67. The predicted octanol–water partition coefficient (Wildman–Crippen LogP) is 3.55. The third-order valence-electron chi connectivity index (χ3n) is 3.93. The summed E-state index contributed by atoms with van der Waals surface area (Å²) < 4.78 is 5.48. The molecule has 122 valence electrons. The van der Waals surface area contributed by atoms with Crippen molar-refractivity contribution in [2.45, 2.75) is 37.7 Å². The normalized spacial score (nSPS) is 16.3. The second-order valence-corrected chi connectivity index (χ2v) is 5.47. The van der Waals surface area contributed by atoms with E-state index in [0.29, 0.717) is 12.8 Å². The third-order valence-corrected chi connectivity index (χ3v) is 3.93. The summed E-state index contributed by atoms with van der Waals surface area (Å²) in [7, 11) is 0. The summed E-state index contributed by atoms with van der Waals surface area (Å²) in [4.78, 5) is 32.5. The lowest BCUT2D eigenvalue weighted by molar-refractivity contribution is -0.394. The summed E-state index contributed by atoms with van der Waals surface area (Å²) in [5, 5.41) is 21.7. The Kier molecular flexibility index (Phi) is 4.73. The number of non-ortho nitro benzene ring substituents is 2. The van der Waals surface area contributed by atoms with E-state index >= 15 is 0 Å². The van der Waals surface area contributed by atoms with E-state index in [1.54, 1.807) is 6.08 Å². The Morgan fingerprint density at radius 3 is 2.04 bits per heavy atom. The van der Waals surface area contributed by atoms with E-state index in [1.165, 1.54) is 0 Å². The second kappa shape index (κ2) is 6.55. The van der Waals surface area contributed by atoms with Crippen LogP contribution in [0.15, 0.2) is 30.9 Å². The molecule has 0 N–H and O–H groups in total. The molecule has 2 rings (SSSR count). The van der Waals surface area contributed by atoms with Gasteiger partial charge in [-0.1, -0.05) is 13.0 Å². The van der Waals surface area contributed by atoms with Crippen molar-refractivity contribution >= 4 is 17.3 Å². The highest BCUT2D eigenvalue weighted by atomic mass is 16.6. The molecular formula is C15H16N2O6. The highest BCUT2D eigenvalue weighted by Gasteiger charge is 2.34. The molecule has 0 aromatic heterocycles. The Balaban J connectivity index is 2.32. The Bertz CT molecular complexity index is 632. The Hall–Kier alpha value is -2.77. The van der Waals surface area contributed by atoms with Crippen molar-refractivity contribution < 1.29 is 19.4 Å². The van der Waals surface area contributed by atoms with Gasteiger partial charge in [0.05, 0.1) is 21.5 Å². The molecule has 0 atom stereocenters. The van der Waals surface area contributed by atoms with Gasteiger partial charge in [-0.2, -0.15) is 0 Å². The van der Waals surface area contributed by atoms with Crippen LogP contribution in [-0.2, 0) is 4.74 Å². The van der Waals surface area contributed by atoms with Crippen LogP contribution < -0.4 is 0 Å². The van der Waals surface area contributed by atoms with Gasteiger partial charge in [-0.15, -0.1) is 0 Å². The van der Waals surface area contributed by atoms with E-state index in [-0.39, 0.29) is 5.56 Å². The Labute approximate surface area is 132 Å². The largest absolute Gasteiger partial charge is 0.451 e. The molecule has 1 saturated carbocycles. The van der Waals surface area contributed by atoms with Gasteiger partial charge in [-0.05, 0) is 31.8 Å². The molecule has 1 aromatic carbocycles. The average Bonchev–Trinajstić information content (AvgIpc) is 2.55. The van der Waals surface area contributed by atoms with Gasteiger partial charge in [0.15, 0.2) is 0 Å². The number of rotatable bonds is 5. The zero-order valence-electron chi connectivity index (χ0n) is 12.4. The number of nitrogens with zero attached hydrogens (tertiary/aromatic N) is 2. The van der Waals surface area contributed by atoms with E-state index in [1.807, 2.05) is 0 Å². The maximum Gasteiger partial charge on any atom is 0.339 e. The molecule has 8 nitrogen and oxygen atoms in total. The first kappa shape index (κ1) is 16.6. The van der Waals surface area contributed by atoms with Crippen molar-refractivity contribution in [2.24, 2.45) is 0 Å². The number of carbonyl (C=O) groups excluding carboxylic acids is 1. The fraction of sp³-hybridized carbons (Fsp3) is 0.400. The zero-order valence-corrected chi connectivity index (χ0v) is 12.4. The van der Waals surface area contributed by atoms with Crippen LogP contribution in [0.25, 0.3) is 0 Å². The van der Waals surface area contributed by atoms with Crippen LogP contribution in [0.1, 0.15) is 42.5 Å². The highest BCUT2D eigenvalue weighted by Crippen LogP contribution is 2.34. The van der Waals surface area contributed by atoms with Crippen LogP contribution in [0.5, 0.6) is 0 Å². The molecule has 1 aromatic rings. The summed E-state index contributed by atoms with van der Waals surface area (Å²) in [6.45, 7) is 3.70. The van der Waals surface area contributed by atoms with Crippen molar-refractivity contribution in [3.8, 4) is 0 Å². The lowest BCUT2D eigenvalue weighted by Crippen LogP contribution is -2.35. The van der Waals surface area contributed by atoms with Crippen molar-refractivity contribution in [1.29, 1.82) is 0 Å². The summed E-state index contributed by atoms with van der Waals surface area (Å²) >= 11 is 0. The number of benzene rings is 1. The van der Waals surface area contributed by atoms with Gasteiger partial charge in [0.1, 0.15) is 5.60 Å². The number of nitro benzene ring substituents is 2. The standard InChI is InChI=1S/C15H16N2O6/c1-2-15(6-4-3-5-7-15)23-14(18)11-8-12(16(19)20)10-13(9-11)17(21)22/h2,8-10H,1,3-7H2. The van der Waals surface area contributed by atoms with Crippen LogP contribution in [0.3, 0.4) is 0 Å². The molecule has 0 amide bonds. The third kappa shape index (κ3) is 3.71. The van der Waals surface area contributed by atoms with Crippen LogP contribution in [0.2, 0.25) is 0 Å². The smallest absolute Gasteiger partial charge is 0.339 e. The number of nitro groups is 2. The molecule has 0 heterocycles. The molecule has 0 spiro atoms. The summed E-state index contributed by atoms with van der Waals surface area (Å²) in [6.07, 6.45) is 5.62. The Morgan fingerprint density at radius 2 is 1.61 bits per heavy atom. The van der Waals surface area contributed by atoms with Crippen molar-refractivity contribution in [3.05, 3.63) is 56.6 Å². The number of ether oxygens (including phenoxy) is 1. The van der Waals surface area contributed by atoms with Gasteiger partial charge in [-0.25, -0.2) is 4.79 Å². The fourth-order valence-corrected chi connectivity index (χ4v) is 2.67. The second-order valence-electron chi connectivity index (χ2n) is 5.47. The van der Waals surface area contributed by atoms with Crippen molar-refractivity contribution in [2.75, 3.05) is 0 Å². The molecule has 0 saturated heterocycles. The SMILES string of the molecule is C=CC1(OC(=O)c2cc([N+](=O)[O-])cc([N+](=O)[O-])c2)CCCCC1. The predicted molar refractivity (Wildman–Crippen MR) is 81.2 cm³/mol. The van der Waals surface area contributed by atoms with Gasteiger partial charge in [0.2, 0.25) is 0 Å².